The average Bonchev–Trinajstić information content (AvgIpc) is 2.66. The van der Waals surface area contributed by atoms with E-state index in [4.69, 9.17) is 10.5 Å². The molecule has 26 heavy (non-hydrogen) atoms. The van der Waals surface area contributed by atoms with Crippen LogP contribution in [0.1, 0.15) is 43.9 Å². The summed E-state index contributed by atoms with van der Waals surface area (Å²) in [5.74, 6) is 1.31. The van der Waals surface area contributed by atoms with E-state index in [0.717, 1.165) is 30.0 Å². The molecule has 1 aromatic carbocycles. The number of hydrogen-bond acceptors (Lipinski definition) is 3. The van der Waals surface area contributed by atoms with Gasteiger partial charge in [-0.15, -0.1) is 24.0 Å². The van der Waals surface area contributed by atoms with Gasteiger partial charge >= 0.3 is 0 Å². The summed E-state index contributed by atoms with van der Waals surface area (Å²) in [5, 5.41) is 3.16. The van der Waals surface area contributed by atoms with Crippen molar-refractivity contribution < 1.29 is 4.74 Å². The molecule has 0 saturated carbocycles. The zero-order valence-electron chi connectivity index (χ0n) is 15.4. The molecule has 2 aromatic rings. The molecule has 5 nitrogen and oxygen atoms in total. The standard InChI is InChI=1S/C20H28N4O.HI/c1-2-3-4-6-13-23-20(21)24-15-17-9-8-11-19(14-17)25-16-18-10-5-7-12-22-18;/h5,7-12,14H,2-4,6,13,15-16H2,1H3,(H3,21,23,24);1H. The van der Waals surface area contributed by atoms with Crippen molar-refractivity contribution in [3.8, 4) is 5.75 Å². The number of guanidine groups is 1. The van der Waals surface area contributed by atoms with Crippen LogP contribution >= 0.6 is 24.0 Å². The molecule has 0 radical (unpaired) electrons. The van der Waals surface area contributed by atoms with Crippen molar-refractivity contribution in [2.24, 2.45) is 10.7 Å². The Morgan fingerprint density at radius 3 is 2.81 bits per heavy atom. The number of aromatic nitrogens is 1. The molecule has 0 aliphatic heterocycles. The molecule has 1 heterocycles. The number of aliphatic imine (C=N–C) groups is 1. The van der Waals surface area contributed by atoms with Gasteiger partial charge in [0.25, 0.3) is 0 Å². The molecule has 6 heteroatoms. The second kappa shape index (κ2) is 13.4. The van der Waals surface area contributed by atoms with Gasteiger partial charge in [-0.25, -0.2) is 4.99 Å². The first-order chi connectivity index (χ1) is 12.3. The van der Waals surface area contributed by atoms with Crippen molar-refractivity contribution in [1.82, 2.24) is 10.3 Å². The number of unbranched alkanes of at least 4 members (excludes halogenated alkanes) is 3. The molecule has 0 unspecified atom stereocenters. The van der Waals surface area contributed by atoms with E-state index in [2.05, 4.69) is 22.2 Å². The predicted molar refractivity (Wildman–Crippen MR) is 118 cm³/mol. The van der Waals surface area contributed by atoms with Crippen molar-refractivity contribution in [3.05, 3.63) is 59.9 Å². The van der Waals surface area contributed by atoms with Crippen LogP contribution in [-0.2, 0) is 13.2 Å². The fourth-order valence-corrected chi connectivity index (χ4v) is 2.38. The smallest absolute Gasteiger partial charge is 0.188 e. The highest BCUT2D eigenvalue weighted by molar-refractivity contribution is 14.0. The summed E-state index contributed by atoms with van der Waals surface area (Å²) < 4.78 is 5.78. The Morgan fingerprint density at radius 1 is 1.15 bits per heavy atom. The number of rotatable bonds is 10. The first kappa shape index (κ1) is 22.2. The minimum atomic E-state index is 0. The lowest BCUT2D eigenvalue weighted by atomic mass is 10.2. The van der Waals surface area contributed by atoms with Crippen molar-refractivity contribution in [1.29, 1.82) is 0 Å². The number of nitrogens with zero attached hydrogens (tertiary/aromatic N) is 2. The second-order valence-corrected chi connectivity index (χ2v) is 5.95. The van der Waals surface area contributed by atoms with Crippen LogP contribution in [0.15, 0.2) is 53.7 Å². The number of nitrogens with one attached hydrogen (secondary N) is 1. The lowest BCUT2D eigenvalue weighted by Gasteiger charge is -2.08. The van der Waals surface area contributed by atoms with Crippen LogP contribution in [0.5, 0.6) is 5.75 Å². The molecule has 2 rings (SSSR count). The van der Waals surface area contributed by atoms with Crippen molar-refractivity contribution in [2.75, 3.05) is 6.54 Å². The number of hydrogen-bond donors (Lipinski definition) is 2. The van der Waals surface area contributed by atoms with Crippen LogP contribution in [0.4, 0.5) is 0 Å². The largest absolute Gasteiger partial charge is 0.487 e. The van der Waals surface area contributed by atoms with Crippen LogP contribution in [0.3, 0.4) is 0 Å². The highest BCUT2D eigenvalue weighted by Gasteiger charge is 1.99. The van der Waals surface area contributed by atoms with E-state index in [1.807, 2.05) is 42.5 Å². The van der Waals surface area contributed by atoms with Gasteiger partial charge in [-0.1, -0.05) is 44.4 Å². The third-order valence-electron chi connectivity index (χ3n) is 3.78. The van der Waals surface area contributed by atoms with Crippen LogP contribution in [0, 0.1) is 0 Å². The van der Waals surface area contributed by atoms with E-state index in [0.29, 0.717) is 19.1 Å². The van der Waals surface area contributed by atoms with Gasteiger partial charge in [0.2, 0.25) is 0 Å². The average molecular weight is 468 g/mol. The number of halogens is 1. The van der Waals surface area contributed by atoms with Gasteiger partial charge < -0.3 is 15.8 Å². The Bertz CT molecular complexity index is 649. The van der Waals surface area contributed by atoms with Gasteiger partial charge in [-0.05, 0) is 36.2 Å². The first-order valence-corrected chi connectivity index (χ1v) is 8.93. The first-order valence-electron chi connectivity index (χ1n) is 8.93. The third-order valence-corrected chi connectivity index (χ3v) is 3.78. The second-order valence-electron chi connectivity index (χ2n) is 5.95. The molecule has 142 valence electrons. The van der Waals surface area contributed by atoms with Gasteiger partial charge in [0.1, 0.15) is 12.4 Å². The summed E-state index contributed by atoms with van der Waals surface area (Å²) in [6.07, 6.45) is 6.63. The number of benzene rings is 1. The summed E-state index contributed by atoms with van der Waals surface area (Å²) >= 11 is 0. The molecule has 0 aliphatic carbocycles. The summed E-state index contributed by atoms with van der Waals surface area (Å²) in [6.45, 7) is 4.07. The topological polar surface area (TPSA) is 72.5 Å². The maximum Gasteiger partial charge on any atom is 0.188 e. The summed E-state index contributed by atoms with van der Waals surface area (Å²) in [4.78, 5) is 8.64. The van der Waals surface area contributed by atoms with Gasteiger partial charge in [0.15, 0.2) is 5.96 Å². The van der Waals surface area contributed by atoms with Gasteiger partial charge in [-0.2, -0.15) is 0 Å². The van der Waals surface area contributed by atoms with E-state index < -0.39 is 0 Å². The van der Waals surface area contributed by atoms with Crippen molar-refractivity contribution in [2.45, 2.75) is 45.8 Å². The Kier molecular flexibility index (Phi) is 11.4. The predicted octanol–water partition coefficient (Wildman–Crippen LogP) is 4.26. The monoisotopic (exact) mass is 468 g/mol. The maximum atomic E-state index is 5.91. The minimum Gasteiger partial charge on any atom is -0.487 e. The van der Waals surface area contributed by atoms with Gasteiger partial charge in [-0.3, -0.25) is 4.98 Å². The Labute approximate surface area is 173 Å². The lowest BCUT2D eigenvalue weighted by Crippen LogP contribution is -2.32. The molecule has 3 N–H and O–H groups in total. The highest BCUT2D eigenvalue weighted by Crippen LogP contribution is 2.15. The SMILES string of the molecule is CCCCCCNC(N)=NCc1cccc(OCc2ccccn2)c1.I. The minimum absolute atomic E-state index is 0. The van der Waals surface area contributed by atoms with Gasteiger partial charge in [0.05, 0.1) is 12.2 Å². The molecule has 1 aromatic heterocycles. The van der Waals surface area contributed by atoms with Crippen LogP contribution < -0.4 is 15.8 Å². The number of ether oxygens (including phenoxy) is 1. The number of pyridine rings is 1. The summed E-state index contributed by atoms with van der Waals surface area (Å²) in [5.41, 5.74) is 7.88. The Morgan fingerprint density at radius 2 is 2.04 bits per heavy atom. The van der Waals surface area contributed by atoms with Crippen molar-refractivity contribution in [3.63, 3.8) is 0 Å². The van der Waals surface area contributed by atoms with E-state index in [-0.39, 0.29) is 24.0 Å². The molecule has 0 bridgehead atoms. The van der Waals surface area contributed by atoms with Crippen LogP contribution in [-0.4, -0.2) is 17.5 Å². The molecule has 0 amide bonds. The van der Waals surface area contributed by atoms with Crippen LogP contribution in [0.2, 0.25) is 0 Å². The molecular formula is C20H29IN4O. The molecule has 0 spiro atoms. The quantitative estimate of drug-likeness (QED) is 0.237. The van der Waals surface area contributed by atoms with E-state index in [1.165, 1.54) is 19.3 Å². The van der Waals surface area contributed by atoms with E-state index >= 15 is 0 Å². The number of nitrogens with two attached hydrogens (primary N) is 1. The lowest BCUT2D eigenvalue weighted by molar-refractivity contribution is 0.301. The van der Waals surface area contributed by atoms with E-state index in [9.17, 15) is 0 Å². The molecular weight excluding hydrogens is 439 g/mol. The fourth-order valence-electron chi connectivity index (χ4n) is 2.38. The normalized spacial score (nSPS) is 10.9. The zero-order chi connectivity index (χ0) is 17.7. The summed E-state index contributed by atoms with van der Waals surface area (Å²) in [6, 6.07) is 13.7. The van der Waals surface area contributed by atoms with E-state index in [1.54, 1.807) is 6.20 Å². The Balaban J connectivity index is 0.00000338. The summed E-state index contributed by atoms with van der Waals surface area (Å²) in [7, 11) is 0. The fraction of sp³-hybridized carbons (Fsp3) is 0.400. The molecule has 0 fully saturated rings. The zero-order valence-corrected chi connectivity index (χ0v) is 17.7. The van der Waals surface area contributed by atoms with Crippen LogP contribution in [0.25, 0.3) is 0 Å². The maximum absolute atomic E-state index is 5.91. The van der Waals surface area contributed by atoms with Gasteiger partial charge in [0, 0.05) is 12.7 Å². The Hall–Kier alpha value is -1.83. The third kappa shape index (κ3) is 9.03. The molecule has 0 saturated heterocycles. The highest BCUT2D eigenvalue weighted by atomic mass is 127. The molecule has 0 atom stereocenters. The molecule has 0 aliphatic rings. The van der Waals surface area contributed by atoms with Crippen molar-refractivity contribution >= 4 is 29.9 Å².